The first-order chi connectivity index (χ1) is 8.20. The first-order valence-electron chi connectivity index (χ1n) is 6.39. The highest BCUT2D eigenvalue weighted by atomic mass is 16.1. The molecule has 0 unspecified atom stereocenters. The molecule has 0 aromatic carbocycles. The van der Waals surface area contributed by atoms with E-state index >= 15 is 0 Å². The Morgan fingerprint density at radius 2 is 2.06 bits per heavy atom. The summed E-state index contributed by atoms with van der Waals surface area (Å²) in [5.41, 5.74) is 2.91. The Labute approximate surface area is 104 Å². The van der Waals surface area contributed by atoms with E-state index in [1.807, 2.05) is 39.8 Å². The number of pyridine rings is 1. The van der Waals surface area contributed by atoms with Crippen LogP contribution in [0.4, 0.5) is 0 Å². The molecule has 0 saturated heterocycles. The van der Waals surface area contributed by atoms with Gasteiger partial charge in [-0.2, -0.15) is 0 Å². The smallest absolute Gasteiger partial charge is 0.166 e. The average Bonchev–Trinajstić information content (AvgIpc) is 2.39. The molecule has 0 bridgehead atoms. The van der Waals surface area contributed by atoms with Gasteiger partial charge in [0.2, 0.25) is 0 Å². The third kappa shape index (κ3) is 3.02. The summed E-state index contributed by atoms with van der Waals surface area (Å²) >= 11 is 0. The highest BCUT2D eigenvalue weighted by Gasteiger charge is 2.17. The number of hydrogen-bond acceptors (Lipinski definition) is 2. The van der Waals surface area contributed by atoms with Crippen molar-refractivity contribution >= 4 is 11.9 Å². The maximum atomic E-state index is 12.0. The zero-order chi connectivity index (χ0) is 12.8. The monoisotopic (exact) mass is 231 g/mol. The Hall–Kier alpha value is -1.44. The molecule has 1 aliphatic carbocycles. The van der Waals surface area contributed by atoms with E-state index in [4.69, 9.17) is 0 Å². The maximum absolute atomic E-state index is 12.0. The number of nitrogens with zero attached hydrogens (tertiary/aromatic N) is 1. The topological polar surface area (TPSA) is 30.0 Å². The van der Waals surface area contributed by atoms with Crippen LogP contribution in [0.2, 0.25) is 0 Å². The van der Waals surface area contributed by atoms with Crippen molar-refractivity contribution in [2.75, 3.05) is 0 Å². The van der Waals surface area contributed by atoms with Gasteiger partial charge < -0.3 is 0 Å². The van der Waals surface area contributed by atoms with Gasteiger partial charge in [-0.05, 0) is 18.9 Å². The van der Waals surface area contributed by atoms with Crippen LogP contribution in [-0.4, -0.2) is 10.8 Å². The van der Waals surface area contributed by atoms with Crippen LogP contribution in [0, 0.1) is 5.92 Å². The van der Waals surface area contributed by atoms with E-state index in [1.54, 1.807) is 6.20 Å². The van der Waals surface area contributed by atoms with Crippen LogP contribution in [0.3, 0.4) is 0 Å². The van der Waals surface area contributed by atoms with Crippen LogP contribution in [0.1, 0.15) is 55.7 Å². The molecule has 0 fully saturated rings. The fraction of sp³-hybridized carbons (Fsp3) is 0.467. The standard InChI is InChI=1S/C13H15NO.C2H6/c1-9(2)13(15)11-7-8-14-12-6-4-3-5-10(11)12;1-2/h3,5,7-9H,4,6H2,1-2H3;1-2H3. The summed E-state index contributed by atoms with van der Waals surface area (Å²) in [6.45, 7) is 7.86. The predicted molar refractivity (Wildman–Crippen MR) is 72.1 cm³/mol. The lowest BCUT2D eigenvalue weighted by atomic mass is 9.92. The summed E-state index contributed by atoms with van der Waals surface area (Å²) in [5, 5.41) is 0. The van der Waals surface area contributed by atoms with E-state index in [0.717, 1.165) is 29.7 Å². The number of aryl methyl sites for hydroxylation is 1. The largest absolute Gasteiger partial charge is 0.294 e. The molecule has 0 amide bonds. The van der Waals surface area contributed by atoms with Crippen molar-refractivity contribution in [1.82, 2.24) is 4.98 Å². The highest BCUT2D eigenvalue weighted by Crippen LogP contribution is 2.22. The minimum atomic E-state index is 0.0480. The molecule has 2 rings (SSSR count). The number of aromatic nitrogens is 1. The van der Waals surface area contributed by atoms with Crippen molar-refractivity contribution in [3.05, 3.63) is 35.2 Å². The van der Waals surface area contributed by atoms with Gasteiger partial charge in [0, 0.05) is 28.9 Å². The number of allylic oxidation sites excluding steroid dienone is 1. The Bertz CT molecular complexity index is 419. The van der Waals surface area contributed by atoms with Gasteiger partial charge in [0.25, 0.3) is 0 Å². The third-order valence-corrected chi connectivity index (χ3v) is 2.69. The maximum Gasteiger partial charge on any atom is 0.166 e. The van der Waals surface area contributed by atoms with Gasteiger partial charge in [-0.25, -0.2) is 0 Å². The first-order valence-corrected chi connectivity index (χ1v) is 6.39. The molecule has 1 heterocycles. The molecule has 0 aliphatic heterocycles. The van der Waals surface area contributed by atoms with Gasteiger partial charge in [-0.1, -0.05) is 39.8 Å². The summed E-state index contributed by atoms with van der Waals surface area (Å²) in [6.07, 6.45) is 7.86. The average molecular weight is 231 g/mol. The Morgan fingerprint density at radius 1 is 1.35 bits per heavy atom. The van der Waals surface area contributed by atoms with Gasteiger partial charge in [-0.15, -0.1) is 0 Å². The summed E-state index contributed by atoms with van der Waals surface area (Å²) in [5.74, 6) is 0.257. The molecule has 0 spiro atoms. The number of Topliss-reactive ketones (excluding diaryl/α,β-unsaturated/α-hetero) is 1. The second-order valence-electron chi connectivity index (χ2n) is 4.18. The van der Waals surface area contributed by atoms with E-state index in [0.29, 0.717) is 0 Å². The van der Waals surface area contributed by atoms with Gasteiger partial charge in [0.15, 0.2) is 5.78 Å². The Morgan fingerprint density at radius 3 is 2.71 bits per heavy atom. The van der Waals surface area contributed by atoms with E-state index in [-0.39, 0.29) is 11.7 Å². The molecule has 0 radical (unpaired) electrons. The zero-order valence-electron chi connectivity index (χ0n) is 11.2. The van der Waals surface area contributed by atoms with Gasteiger partial charge in [-0.3, -0.25) is 9.78 Å². The van der Waals surface area contributed by atoms with Crippen molar-refractivity contribution in [2.24, 2.45) is 5.92 Å². The molecule has 0 N–H and O–H groups in total. The minimum Gasteiger partial charge on any atom is -0.294 e. The molecule has 0 atom stereocenters. The van der Waals surface area contributed by atoms with E-state index in [9.17, 15) is 4.79 Å². The van der Waals surface area contributed by atoms with Crippen molar-refractivity contribution in [3.8, 4) is 0 Å². The SMILES string of the molecule is CC.CC(C)C(=O)c1ccnc2c1C=CCC2. The lowest BCUT2D eigenvalue weighted by Gasteiger charge is -2.14. The predicted octanol–water partition coefficient (Wildman–Crippen LogP) is 3.91. The number of fused-ring (bicyclic) bond motifs is 1. The molecule has 0 saturated carbocycles. The highest BCUT2D eigenvalue weighted by molar-refractivity contribution is 6.00. The van der Waals surface area contributed by atoms with E-state index in [1.165, 1.54) is 0 Å². The summed E-state index contributed by atoms with van der Waals surface area (Å²) in [7, 11) is 0. The summed E-state index contributed by atoms with van der Waals surface area (Å²) in [4.78, 5) is 16.3. The van der Waals surface area contributed by atoms with Gasteiger partial charge in [0.05, 0.1) is 0 Å². The summed E-state index contributed by atoms with van der Waals surface area (Å²) < 4.78 is 0. The number of carbonyl (C=O) groups is 1. The van der Waals surface area contributed by atoms with Crippen LogP contribution in [0.25, 0.3) is 6.08 Å². The van der Waals surface area contributed by atoms with Crippen molar-refractivity contribution in [3.63, 3.8) is 0 Å². The van der Waals surface area contributed by atoms with E-state index in [2.05, 4.69) is 11.1 Å². The van der Waals surface area contributed by atoms with Crippen molar-refractivity contribution < 1.29 is 4.79 Å². The third-order valence-electron chi connectivity index (χ3n) is 2.69. The first kappa shape index (κ1) is 13.6. The van der Waals surface area contributed by atoms with Gasteiger partial charge >= 0.3 is 0 Å². The Balaban J connectivity index is 0.000000686. The minimum absolute atomic E-state index is 0.0480. The molecule has 17 heavy (non-hydrogen) atoms. The number of ketones is 1. The van der Waals surface area contributed by atoms with Gasteiger partial charge in [0.1, 0.15) is 0 Å². The van der Waals surface area contributed by atoms with E-state index < -0.39 is 0 Å². The van der Waals surface area contributed by atoms with Crippen molar-refractivity contribution in [2.45, 2.75) is 40.5 Å². The van der Waals surface area contributed by atoms with Crippen molar-refractivity contribution in [1.29, 1.82) is 0 Å². The van der Waals surface area contributed by atoms with Crippen LogP contribution in [0.15, 0.2) is 18.3 Å². The summed E-state index contributed by atoms with van der Waals surface area (Å²) in [6, 6.07) is 1.83. The molecule has 1 aliphatic rings. The fourth-order valence-corrected chi connectivity index (χ4v) is 1.85. The molecule has 92 valence electrons. The zero-order valence-corrected chi connectivity index (χ0v) is 11.2. The molecule has 1 aromatic heterocycles. The number of hydrogen-bond donors (Lipinski definition) is 0. The lowest BCUT2D eigenvalue weighted by Crippen LogP contribution is -2.12. The normalized spacial score (nSPS) is 12.8. The van der Waals surface area contributed by atoms with Crippen LogP contribution in [-0.2, 0) is 6.42 Å². The van der Waals surface area contributed by atoms with Crippen LogP contribution >= 0.6 is 0 Å². The number of carbonyl (C=O) groups excluding carboxylic acids is 1. The fourth-order valence-electron chi connectivity index (χ4n) is 1.85. The Kier molecular flexibility index (Phi) is 5.08. The number of rotatable bonds is 2. The molecule has 2 heteroatoms. The second-order valence-corrected chi connectivity index (χ2v) is 4.18. The molecule has 2 nitrogen and oxygen atoms in total. The molecular formula is C15H21NO. The van der Waals surface area contributed by atoms with Crippen LogP contribution < -0.4 is 0 Å². The van der Waals surface area contributed by atoms with Crippen LogP contribution in [0.5, 0.6) is 0 Å². The lowest BCUT2D eigenvalue weighted by molar-refractivity contribution is 0.0939. The molecule has 1 aromatic rings. The molecular weight excluding hydrogens is 210 g/mol. The second kappa shape index (κ2) is 6.33. The quantitative estimate of drug-likeness (QED) is 0.722.